The van der Waals surface area contributed by atoms with Gasteiger partial charge in [0, 0.05) is 21.8 Å². The van der Waals surface area contributed by atoms with Crippen LogP contribution in [-0.2, 0) is 11.3 Å². The number of hydrogen-bond donors (Lipinski definition) is 1. The lowest BCUT2D eigenvalue weighted by Crippen LogP contribution is -2.20. The predicted molar refractivity (Wildman–Crippen MR) is 117 cm³/mol. The quantitative estimate of drug-likeness (QED) is 0.417. The first-order chi connectivity index (χ1) is 14.8. The number of aromatic nitrogens is 3. The molecule has 0 spiro atoms. The largest absolute Gasteiger partial charge is 0.324 e. The number of alkyl halides is 2. The summed E-state index contributed by atoms with van der Waals surface area (Å²) in [6, 6.07) is 15.6. The van der Waals surface area contributed by atoms with Gasteiger partial charge in [0.15, 0.2) is 5.65 Å². The number of fused-ring (bicyclic) bond motifs is 1. The highest BCUT2D eigenvalue weighted by Crippen LogP contribution is 2.33. The summed E-state index contributed by atoms with van der Waals surface area (Å²) in [4.78, 5) is 17.2. The summed E-state index contributed by atoms with van der Waals surface area (Å²) in [5.41, 5.74) is 3.02. The zero-order valence-electron chi connectivity index (χ0n) is 16.9. The lowest BCUT2D eigenvalue weighted by Gasteiger charge is -2.10. The van der Waals surface area contributed by atoms with Gasteiger partial charge in [-0.15, -0.1) is 0 Å². The first-order valence-corrected chi connectivity index (χ1v) is 9.99. The van der Waals surface area contributed by atoms with Crippen molar-refractivity contribution in [2.24, 2.45) is 0 Å². The van der Waals surface area contributed by atoms with Crippen LogP contribution in [0.25, 0.3) is 22.3 Å². The number of carbonyl (C=O) groups excluding carboxylic acids is 1. The van der Waals surface area contributed by atoms with E-state index in [9.17, 15) is 13.6 Å². The van der Waals surface area contributed by atoms with E-state index in [1.165, 1.54) is 10.7 Å². The number of anilines is 1. The highest BCUT2D eigenvalue weighted by molar-refractivity contribution is 6.31. The Bertz CT molecular complexity index is 1270. The second-order valence-electron chi connectivity index (χ2n) is 7.21. The topological polar surface area (TPSA) is 59.8 Å². The van der Waals surface area contributed by atoms with E-state index in [1.807, 2.05) is 25.1 Å². The van der Waals surface area contributed by atoms with Crippen molar-refractivity contribution in [3.8, 4) is 11.3 Å². The van der Waals surface area contributed by atoms with Crippen molar-refractivity contribution in [2.45, 2.75) is 26.8 Å². The minimum atomic E-state index is -2.70. The molecule has 5 nitrogen and oxygen atoms in total. The van der Waals surface area contributed by atoms with Crippen molar-refractivity contribution in [2.75, 3.05) is 5.32 Å². The Hall–Kier alpha value is -3.32. The van der Waals surface area contributed by atoms with Gasteiger partial charge in [0.1, 0.15) is 6.54 Å². The van der Waals surface area contributed by atoms with E-state index in [0.717, 1.165) is 5.56 Å². The second kappa shape index (κ2) is 8.43. The third kappa shape index (κ3) is 4.27. The van der Waals surface area contributed by atoms with E-state index in [1.54, 1.807) is 37.3 Å². The van der Waals surface area contributed by atoms with E-state index in [-0.39, 0.29) is 29.0 Å². The first-order valence-electron chi connectivity index (χ1n) is 9.61. The van der Waals surface area contributed by atoms with E-state index in [0.29, 0.717) is 27.7 Å². The van der Waals surface area contributed by atoms with Crippen LogP contribution in [0.4, 0.5) is 14.5 Å². The number of benzene rings is 2. The molecule has 0 atom stereocenters. The van der Waals surface area contributed by atoms with Crippen molar-refractivity contribution < 1.29 is 13.6 Å². The fraction of sp³-hybridized carbons (Fsp3) is 0.174. The smallest absolute Gasteiger partial charge is 0.264 e. The minimum Gasteiger partial charge on any atom is -0.324 e. The van der Waals surface area contributed by atoms with Crippen molar-refractivity contribution in [1.82, 2.24) is 14.8 Å². The van der Waals surface area contributed by atoms with E-state index < -0.39 is 6.43 Å². The SMILES string of the molecule is Cc1ccc(Cl)cc1NC(=O)Cn1nc(C)c2c(C(F)F)cc(-c3ccccc3)nc21. The Morgan fingerprint density at radius 2 is 1.87 bits per heavy atom. The Labute approximate surface area is 182 Å². The van der Waals surface area contributed by atoms with E-state index >= 15 is 0 Å². The molecule has 0 saturated carbocycles. The van der Waals surface area contributed by atoms with Crippen LogP contribution in [0, 0.1) is 13.8 Å². The summed E-state index contributed by atoms with van der Waals surface area (Å²) in [6.07, 6.45) is -2.70. The van der Waals surface area contributed by atoms with Crippen LogP contribution in [0.5, 0.6) is 0 Å². The van der Waals surface area contributed by atoms with Crippen molar-refractivity contribution >= 4 is 34.2 Å². The number of nitrogens with one attached hydrogen (secondary N) is 1. The molecule has 4 rings (SSSR count). The second-order valence-corrected chi connectivity index (χ2v) is 7.65. The van der Waals surface area contributed by atoms with Gasteiger partial charge in [-0.1, -0.05) is 48.0 Å². The fourth-order valence-corrected chi connectivity index (χ4v) is 3.65. The van der Waals surface area contributed by atoms with Gasteiger partial charge in [-0.05, 0) is 37.6 Å². The van der Waals surface area contributed by atoms with Gasteiger partial charge in [0.05, 0.1) is 16.8 Å². The monoisotopic (exact) mass is 440 g/mol. The van der Waals surface area contributed by atoms with Crippen LogP contribution in [0.1, 0.15) is 23.2 Å². The summed E-state index contributed by atoms with van der Waals surface area (Å²) >= 11 is 6.01. The maximum absolute atomic E-state index is 13.9. The molecule has 0 bridgehead atoms. The molecule has 0 radical (unpaired) electrons. The molecule has 2 heterocycles. The number of carbonyl (C=O) groups is 1. The van der Waals surface area contributed by atoms with Crippen LogP contribution in [0.2, 0.25) is 5.02 Å². The van der Waals surface area contributed by atoms with Crippen LogP contribution in [-0.4, -0.2) is 20.7 Å². The van der Waals surface area contributed by atoms with Gasteiger partial charge < -0.3 is 5.32 Å². The highest BCUT2D eigenvalue weighted by atomic mass is 35.5. The number of rotatable bonds is 5. The molecule has 4 aromatic rings. The number of halogens is 3. The summed E-state index contributed by atoms with van der Waals surface area (Å²) in [5.74, 6) is -0.361. The number of pyridine rings is 1. The van der Waals surface area contributed by atoms with Crippen LogP contribution >= 0.6 is 11.6 Å². The Morgan fingerprint density at radius 1 is 1.13 bits per heavy atom. The van der Waals surface area contributed by atoms with Crippen molar-refractivity contribution in [1.29, 1.82) is 0 Å². The molecule has 1 amide bonds. The molecular formula is C23H19ClF2N4O. The Balaban J connectivity index is 1.75. The van der Waals surface area contributed by atoms with Gasteiger partial charge >= 0.3 is 0 Å². The Morgan fingerprint density at radius 3 is 2.58 bits per heavy atom. The van der Waals surface area contributed by atoms with Gasteiger partial charge in [-0.3, -0.25) is 4.79 Å². The molecule has 0 unspecified atom stereocenters. The summed E-state index contributed by atoms with van der Waals surface area (Å²) in [7, 11) is 0. The molecule has 2 aromatic carbocycles. The first kappa shape index (κ1) is 20.9. The molecular weight excluding hydrogens is 422 g/mol. The Kier molecular flexibility index (Phi) is 5.69. The maximum Gasteiger partial charge on any atom is 0.264 e. The summed E-state index contributed by atoms with van der Waals surface area (Å²) in [5, 5.41) is 7.88. The molecule has 1 N–H and O–H groups in total. The number of nitrogens with zero attached hydrogens (tertiary/aromatic N) is 3. The number of amides is 1. The van der Waals surface area contributed by atoms with Crippen LogP contribution in [0.3, 0.4) is 0 Å². The summed E-state index contributed by atoms with van der Waals surface area (Å²) < 4.78 is 29.1. The van der Waals surface area contributed by atoms with Gasteiger partial charge in [0.25, 0.3) is 6.43 Å². The molecule has 0 aliphatic rings. The summed E-state index contributed by atoms with van der Waals surface area (Å²) in [6.45, 7) is 3.31. The molecule has 0 fully saturated rings. The van der Waals surface area contributed by atoms with Crippen LogP contribution in [0.15, 0.2) is 54.6 Å². The van der Waals surface area contributed by atoms with Crippen molar-refractivity contribution in [3.63, 3.8) is 0 Å². The molecule has 0 saturated heterocycles. The normalized spacial score (nSPS) is 11.3. The zero-order valence-corrected chi connectivity index (χ0v) is 17.6. The molecule has 0 aliphatic heterocycles. The molecule has 2 aromatic heterocycles. The maximum atomic E-state index is 13.9. The lowest BCUT2D eigenvalue weighted by atomic mass is 10.1. The fourth-order valence-electron chi connectivity index (χ4n) is 3.48. The average Bonchev–Trinajstić information content (AvgIpc) is 3.05. The van der Waals surface area contributed by atoms with Gasteiger partial charge in [-0.2, -0.15) is 5.10 Å². The number of aryl methyl sites for hydroxylation is 2. The van der Waals surface area contributed by atoms with Crippen LogP contribution < -0.4 is 5.32 Å². The average molecular weight is 441 g/mol. The molecule has 8 heteroatoms. The molecule has 31 heavy (non-hydrogen) atoms. The third-order valence-electron chi connectivity index (χ3n) is 4.98. The van der Waals surface area contributed by atoms with E-state index in [4.69, 9.17) is 11.6 Å². The highest BCUT2D eigenvalue weighted by Gasteiger charge is 2.22. The molecule has 0 aliphatic carbocycles. The molecule has 158 valence electrons. The van der Waals surface area contributed by atoms with Gasteiger partial charge in [0.2, 0.25) is 5.91 Å². The predicted octanol–water partition coefficient (Wildman–Crippen LogP) is 5.94. The lowest BCUT2D eigenvalue weighted by molar-refractivity contribution is -0.116. The van der Waals surface area contributed by atoms with Crippen molar-refractivity contribution in [3.05, 3.63) is 76.4 Å². The van der Waals surface area contributed by atoms with E-state index in [2.05, 4.69) is 15.4 Å². The van der Waals surface area contributed by atoms with Gasteiger partial charge in [-0.25, -0.2) is 18.4 Å². The third-order valence-corrected chi connectivity index (χ3v) is 5.21. The number of hydrogen-bond acceptors (Lipinski definition) is 3. The minimum absolute atomic E-state index is 0.154. The standard InChI is InChI=1S/C23H19ClF2N4O/c1-13-8-9-16(24)10-18(13)27-20(31)12-30-23-21(14(2)29-30)17(22(25)26)11-19(28-23)15-6-4-3-5-7-15/h3-11,22H,12H2,1-2H3,(H,27,31). The zero-order chi connectivity index (χ0) is 22.1.